The van der Waals surface area contributed by atoms with Crippen molar-refractivity contribution in [2.75, 3.05) is 6.61 Å². The largest absolute Gasteiger partial charge is 0.488 e. The Kier molecular flexibility index (Phi) is 3.60. The Bertz CT molecular complexity index is 980. The van der Waals surface area contributed by atoms with E-state index >= 15 is 0 Å². The quantitative estimate of drug-likeness (QED) is 0.728. The van der Waals surface area contributed by atoms with Crippen LogP contribution < -0.4 is 4.74 Å². The third-order valence-corrected chi connectivity index (χ3v) is 5.00. The fourth-order valence-corrected chi connectivity index (χ4v) is 3.70. The lowest BCUT2D eigenvalue weighted by Gasteiger charge is -2.18. The summed E-state index contributed by atoms with van der Waals surface area (Å²) < 4.78 is 6.60. The van der Waals surface area contributed by atoms with Gasteiger partial charge in [0.25, 0.3) is 0 Å². The standard InChI is InChI=1S/C19H12N2O2S/c20-10-14(19-21-15-6-2-4-8-17(15)24-19)18(22)13-9-12-5-1-3-7-16(12)23-11-13/h1-9,14H,11H2. The number of carbonyl (C=O) groups excluding carboxylic acids is 1. The minimum atomic E-state index is -0.900. The summed E-state index contributed by atoms with van der Waals surface area (Å²) in [5.41, 5.74) is 2.16. The van der Waals surface area contributed by atoms with Crippen LogP contribution in [-0.4, -0.2) is 17.4 Å². The molecule has 0 radical (unpaired) electrons. The third-order valence-electron chi connectivity index (χ3n) is 3.90. The fraction of sp³-hybridized carbons (Fsp3) is 0.105. The van der Waals surface area contributed by atoms with Crippen molar-refractivity contribution in [3.05, 3.63) is 64.7 Å². The highest BCUT2D eigenvalue weighted by Gasteiger charge is 2.28. The molecule has 0 bridgehead atoms. The lowest BCUT2D eigenvalue weighted by atomic mass is 9.96. The number of benzene rings is 2. The molecular formula is C19H12N2O2S. The molecule has 1 atom stereocenters. The van der Waals surface area contributed by atoms with Gasteiger partial charge in [-0.1, -0.05) is 30.3 Å². The van der Waals surface area contributed by atoms with Crippen LogP contribution in [0.1, 0.15) is 16.5 Å². The molecule has 0 amide bonds. The van der Waals surface area contributed by atoms with Crippen molar-refractivity contribution in [3.8, 4) is 11.8 Å². The van der Waals surface area contributed by atoms with Gasteiger partial charge in [-0.2, -0.15) is 5.26 Å². The van der Waals surface area contributed by atoms with E-state index in [9.17, 15) is 10.1 Å². The molecule has 2 aromatic carbocycles. The average molecular weight is 332 g/mol. The summed E-state index contributed by atoms with van der Waals surface area (Å²) >= 11 is 1.39. The summed E-state index contributed by atoms with van der Waals surface area (Å²) in [6.45, 7) is 0.179. The van der Waals surface area contributed by atoms with E-state index in [1.165, 1.54) is 11.3 Å². The van der Waals surface area contributed by atoms with Gasteiger partial charge in [0.2, 0.25) is 0 Å². The van der Waals surface area contributed by atoms with Crippen LogP contribution in [0.15, 0.2) is 54.1 Å². The molecule has 116 valence electrons. The predicted octanol–water partition coefficient (Wildman–Crippen LogP) is 3.95. The Morgan fingerprint density at radius 2 is 2.00 bits per heavy atom. The van der Waals surface area contributed by atoms with E-state index in [0.29, 0.717) is 10.6 Å². The van der Waals surface area contributed by atoms with Gasteiger partial charge in [0, 0.05) is 11.1 Å². The Morgan fingerprint density at radius 3 is 2.83 bits per heavy atom. The van der Waals surface area contributed by atoms with Gasteiger partial charge in [-0.3, -0.25) is 4.79 Å². The number of hydrogen-bond donors (Lipinski definition) is 0. The van der Waals surface area contributed by atoms with E-state index in [4.69, 9.17) is 4.74 Å². The number of ether oxygens (including phenoxy) is 1. The number of thiazole rings is 1. The molecule has 0 fully saturated rings. The first kappa shape index (κ1) is 14.6. The Labute approximate surface area is 142 Å². The normalized spacial score (nSPS) is 14.2. The minimum absolute atomic E-state index is 0.179. The molecular weight excluding hydrogens is 320 g/mol. The SMILES string of the molecule is N#CC(C(=O)C1=Cc2ccccc2OC1)c1nc2ccccc2s1. The molecule has 3 aromatic rings. The predicted molar refractivity (Wildman–Crippen MR) is 92.9 cm³/mol. The summed E-state index contributed by atoms with van der Waals surface area (Å²) in [6, 6.07) is 17.3. The van der Waals surface area contributed by atoms with Gasteiger partial charge in [0.05, 0.1) is 16.3 Å². The maximum Gasteiger partial charge on any atom is 0.186 e. The van der Waals surface area contributed by atoms with Gasteiger partial charge in [-0.25, -0.2) is 4.98 Å². The molecule has 0 N–H and O–H groups in total. The van der Waals surface area contributed by atoms with Crippen LogP contribution >= 0.6 is 11.3 Å². The van der Waals surface area contributed by atoms with Crippen LogP contribution in [-0.2, 0) is 4.79 Å². The summed E-state index contributed by atoms with van der Waals surface area (Å²) in [4.78, 5) is 17.3. The molecule has 0 saturated carbocycles. The van der Waals surface area contributed by atoms with E-state index in [2.05, 4.69) is 11.1 Å². The zero-order chi connectivity index (χ0) is 16.5. The Balaban J connectivity index is 1.70. The second kappa shape index (κ2) is 5.91. The lowest BCUT2D eigenvalue weighted by Crippen LogP contribution is -2.20. The highest BCUT2D eigenvalue weighted by atomic mass is 32.1. The summed E-state index contributed by atoms with van der Waals surface area (Å²) in [5.74, 6) is -0.392. The van der Waals surface area contributed by atoms with Gasteiger partial charge in [0.15, 0.2) is 11.7 Å². The van der Waals surface area contributed by atoms with Gasteiger partial charge >= 0.3 is 0 Å². The number of rotatable bonds is 3. The molecule has 4 nitrogen and oxygen atoms in total. The van der Waals surface area contributed by atoms with E-state index in [0.717, 1.165) is 21.5 Å². The van der Waals surface area contributed by atoms with Crippen molar-refractivity contribution in [1.29, 1.82) is 5.26 Å². The van der Waals surface area contributed by atoms with Crippen LogP contribution in [0.5, 0.6) is 5.75 Å². The van der Waals surface area contributed by atoms with Crippen molar-refractivity contribution in [1.82, 2.24) is 4.98 Å². The number of nitrogens with zero attached hydrogens (tertiary/aromatic N) is 2. The number of fused-ring (bicyclic) bond motifs is 2. The summed E-state index contributed by atoms with van der Waals surface area (Å²) in [6.07, 6.45) is 1.80. The van der Waals surface area contributed by atoms with Crippen LogP contribution in [0.2, 0.25) is 0 Å². The van der Waals surface area contributed by atoms with Crippen LogP contribution in [0, 0.1) is 11.3 Å². The second-order valence-corrected chi connectivity index (χ2v) is 6.50. The van der Waals surface area contributed by atoms with E-state index in [-0.39, 0.29) is 12.4 Å². The van der Waals surface area contributed by atoms with Gasteiger partial charge in [-0.15, -0.1) is 11.3 Å². The molecule has 24 heavy (non-hydrogen) atoms. The number of para-hydroxylation sites is 2. The highest BCUT2D eigenvalue weighted by molar-refractivity contribution is 7.18. The Morgan fingerprint density at radius 1 is 1.21 bits per heavy atom. The molecule has 5 heteroatoms. The van der Waals surface area contributed by atoms with E-state index in [1.807, 2.05) is 48.5 Å². The number of ketones is 1. The number of aromatic nitrogens is 1. The zero-order valence-electron chi connectivity index (χ0n) is 12.6. The molecule has 1 aliphatic rings. The number of nitriles is 1. The molecule has 0 aliphatic carbocycles. The molecule has 0 spiro atoms. The maximum atomic E-state index is 12.8. The summed E-state index contributed by atoms with van der Waals surface area (Å²) in [5, 5.41) is 10.1. The lowest BCUT2D eigenvalue weighted by molar-refractivity contribution is -0.116. The minimum Gasteiger partial charge on any atom is -0.488 e. The monoisotopic (exact) mass is 332 g/mol. The third kappa shape index (κ3) is 2.47. The summed E-state index contributed by atoms with van der Waals surface area (Å²) in [7, 11) is 0. The molecule has 0 saturated heterocycles. The van der Waals surface area contributed by atoms with Crippen molar-refractivity contribution >= 4 is 33.4 Å². The Hall–Kier alpha value is -2.97. The highest BCUT2D eigenvalue weighted by Crippen LogP contribution is 2.32. The van der Waals surface area contributed by atoms with Gasteiger partial charge in [0.1, 0.15) is 17.4 Å². The van der Waals surface area contributed by atoms with E-state index in [1.54, 1.807) is 6.08 Å². The average Bonchev–Trinajstić information content (AvgIpc) is 3.05. The first-order valence-electron chi connectivity index (χ1n) is 7.48. The smallest absolute Gasteiger partial charge is 0.186 e. The molecule has 1 aromatic heterocycles. The van der Waals surface area contributed by atoms with Crippen LogP contribution in [0.25, 0.3) is 16.3 Å². The molecule has 1 unspecified atom stereocenters. The fourth-order valence-electron chi connectivity index (χ4n) is 2.68. The van der Waals surface area contributed by atoms with Gasteiger partial charge < -0.3 is 4.74 Å². The number of hydrogen-bond acceptors (Lipinski definition) is 5. The number of Topliss-reactive ketones (excluding diaryl/α,β-unsaturated/α-hetero) is 1. The second-order valence-electron chi connectivity index (χ2n) is 5.44. The molecule has 2 heterocycles. The maximum absolute atomic E-state index is 12.8. The number of carbonyl (C=O) groups is 1. The first-order chi connectivity index (χ1) is 11.8. The first-order valence-corrected chi connectivity index (χ1v) is 8.29. The molecule has 4 rings (SSSR count). The van der Waals surface area contributed by atoms with Crippen molar-refractivity contribution < 1.29 is 9.53 Å². The van der Waals surface area contributed by atoms with Crippen molar-refractivity contribution in [2.45, 2.75) is 5.92 Å². The van der Waals surface area contributed by atoms with E-state index < -0.39 is 5.92 Å². The zero-order valence-corrected chi connectivity index (χ0v) is 13.4. The van der Waals surface area contributed by atoms with Crippen molar-refractivity contribution in [2.24, 2.45) is 0 Å². The van der Waals surface area contributed by atoms with Crippen LogP contribution in [0.3, 0.4) is 0 Å². The van der Waals surface area contributed by atoms with Crippen molar-refractivity contribution in [3.63, 3.8) is 0 Å². The topological polar surface area (TPSA) is 63.0 Å². The molecule has 1 aliphatic heterocycles. The van der Waals surface area contributed by atoms with Gasteiger partial charge in [-0.05, 0) is 24.3 Å². The van der Waals surface area contributed by atoms with Crippen LogP contribution in [0.4, 0.5) is 0 Å².